The summed E-state index contributed by atoms with van der Waals surface area (Å²) in [5, 5.41) is 10.9. The summed E-state index contributed by atoms with van der Waals surface area (Å²) in [5.41, 5.74) is 2.15. The average Bonchev–Trinajstić information content (AvgIpc) is 2.67. The van der Waals surface area contributed by atoms with Crippen LogP contribution in [0.2, 0.25) is 0 Å². The first-order chi connectivity index (χ1) is 12.2. The highest BCUT2D eigenvalue weighted by Crippen LogP contribution is 2.29. The third-order valence-electron chi connectivity index (χ3n) is 4.35. The molecule has 3 aromatic carbocycles. The molecule has 0 saturated carbocycles. The van der Waals surface area contributed by atoms with Gasteiger partial charge in [0.1, 0.15) is 11.6 Å². The molecule has 0 amide bonds. The second-order valence-corrected chi connectivity index (χ2v) is 5.94. The molecule has 0 fully saturated rings. The van der Waals surface area contributed by atoms with E-state index in [0.29, 0.717) is 12.4 Å². The van der Waals surface area contributed by atoms with Crippen LogP contribution in [0.25, 0.3) is 10.8 Å². The van der Waals surface area contributed by atoms with Crippen molar-refractivity contribution in [1.82, 2.24) is 4.90 Å². The van der Waals surface area contributed by atoms with Gasteiger partial charge in [-0.1, -0.05) is 54.6 Å². The minimum absolute atomic E-state index is 0. The molecule has 0 spiro atoms. The minimum atomic E-state index is 0. The SMILES string of the molecule is CCOc1ccc(C(=N)N(CC)Cc2ccccc2)c2ccccc12.Cl. The standard InChI is InChI=1S/C22H24N2O.ClH/c1-3-24(16-17-10-6-5-7-11-17)22(23)20-14-15-21(25-4-2)19-13-9-8-12-18(19)20;/h5-15,23H,3-4,16H2,1-2H3;1H. The van der Waals surface area contributed by atoms with Crippen LogP contribution in [0.4, 0.5) is 0 Å². The number of hydrogen-bond acceptors (Lipinski definition) is 2. The fourth-order valence-electron chi connectivity index (χ4n) is 3.08. The first kappa shape index (κ1) is 19.8. The highest BCUT2D eigenvalue weighted by Gasteiger charge is 2.15. The molecule has 136 valence electrons. The number of fused-ring (bicyclic) bond motifs is 1. The van der Waals surface area contributed by atoms with Gasteiger partial charge in [0.25, 0.3) is 0 Å². The van der Waals surface area contributed by atoms with Crippen LogP contribution in [0.1, 0.15) is 25.0 Å². The summed E-state index contributed by atoms with van der Waals surface area (Å²) < 4.78 is 5.75. The number of halogens is 1. The van der Waals surface area contributed by atoms with E-state index >= 15 is 0 Å². The Kier molecular flexibility index (Phi) is 7.05. The maximum absolute atomic E-state index is 8.78. The van der Waals surface area contributed by atoms with Gasteiger partial charge in [0.05, 0.1) is 6.61 Å². The largest absolute Gasteiger partial charge is 0.493 e. The fourth-order valence-corrected chi connectivity index (χ4v) is 3.08. The lowest BCUT2D eigenvalue weighted by Crippen LogP contribution is -2.30. The van der Waals surface area contributed by atoms with Crippen LogP contribution in [0.3, 0.4) is 0 Å². The summed E-state index contributed by atoms with van der Waals surface area (Å²) in [5.74, 6) is 1.42. The van der Waals surface area contributed by atoms with E-state index in [1.807, 2.05) is 49.4 Å². The predicted octanol–water partition coefficient (Wildman–Crippen LogP) is 5.51. The van der Waals surface area contributed by atoms with Crippen LogP contribution < -0.4 is 4.74 Å². The average molecular weight is 369 g/mol. The van der Waals surface area contributed by atoms with E-state index in [9.17, 15) is 0 Å². The molecule has 0 bridgehead atoms. The van der Waals surface area contributed by atoms with Crippen molar-refractivity contribution in [3.05, 3.63) is 77.9 Å². The van der Waals surface area contributed by atoms with Gasteiger partial charge in [-0.15, -0.1) is 12.4 Å². The molecule has 0 atom stereocenters. The predicted molar refractivity (Wildman–Crippen MR) is 112 cm³/mol. The van der Waals surface area contributed by atoms with E-state index in [1.165, 1.54) is 5.56 Å². The molecule has 3 aromatic rings. The Balaban J connectivity index is 0.00000243. The third kappa shape index (κ3) is 4.17. The Hall–Kier alpha value is -2.52. The Labute approximate surface area is 161 Å². The van der Waals surface area contributed by atoms with Gasteiger partial charge < -0.3 is 9.64 Å². The summed E-state index contributed by atoms with van der Waals surface area (Å²) in [6.45, 7) is 6.24. The van der Waals surface area contributed by atoms with Crippen molar-refractivity contribution in [2.75, 3.05) is 13.2 Å². The lowest BCUT2D eigenvalue weighted by atomic mass is 10.0. The normalized spacial score (nSPS) is 10.2. The molecule has 3 rings (SSSR count). The van der Waals surface area contributed by atoms with Crippen molar-refractivity contribution in [3.63, 3.8) is 0 Å². The van der Waals surface area contributed by atoms with Crippen LogP contribution in [0.15, 0.2) is 66.7 Å². The van der Waals surface area contributed by atoms with Crippen LogP contribution in [0, 0.1) is 5.41 Å². The van der Waals surface area contributed by atoms with Crippen LogP contribution in [0.5, 0.6) is 5.75 Å². The Morgan fingerprint density at radius 3 is 2.19 bits per heavy atom. The van der Waals surface area contributed by atoms with E-state index in [-0.39, 0.29) is 12.4 Å². The fraction of sp³-hybridized carbons (Fsp3) is 0.227. The Morgan fingerprint density at radius 1 is 0.885 bits per heavy atom. The molecule has 0 aromatic heterocycles. The maximum atomic E-state index is 8.78. The zero-order chi connectivity index (χ0) is 17.6. The highest BCUT2D eigenvalue weighted by atomic mass is 35.5. The number of nitrogens with zero attached hydrogens (tertiary/aromatic N) is 1. The van der Waals surface area contributed by atoms with Crippen LogP contribution in [-0.4, -0.2) is 23.9 Å². The van der Waals surface area contributed by atoms with E-state index in [4.69, 9.17) is 10.1 Å². The van der Waals surface area contributed by atoms with Gasteiger partial charge in [-0.2, -0.15) is 0 Å². The number of hydrogen-bond donors (Lipinski definition) is 1. The monoisotopic (exact) mass is 368 g/mol. The van der Waals surface area contributed by atoms with E-state index in [1.54, 1.807) is 0 Å². The number of amidine groups is 1. The van der Waals surface area contributed by atoms with Crippen molar-refractivity contribution in [3.8, 4) is 5.75 Å². The second kappa shape index (κ2) is 9.25. The molecule has 0 aliphatic rings. The molecule has 26 heavy (non-hydrogen) atoms. The maximum Gasteiger partial charge on any atom is 0.128 e. The van der Waals surface area contributed by atoms with Gasteiger partial charge in [0.15, 0.2) is 0 Å². The Bertz CT molecular complexity index is 864. The van der Waals surface area contributed by atoms with E-state index in [2.05, 4.69) is 36.1 Å². The zero-order valence-electron chi connectivity index (χ0n) is 15.2. The van der Waals surface area contributed by atoms with E-state index < -0.39 is 0 Å². The molecule has 4 heteroatoms. The molecule has 0 saturated heterocycles. The lowest BCUT2D eigenvalue weighted by Gasteiger charge is -2.25. The molecular formula is C22H25ClN2O. The second-order valence-electron chi connectivity index (χ2n) is 5.94. The zero-order valence-corrected chi connectivity index (χ0v) is 16.1. The summed E-state index contributed by atoms with van der Waals surface area (Å²) in [4.78, 5) is 2.09. The first-order valence-corrected chi connectivity index (χ1v) is 8.77. The molecule has 0 radical (unpaired) electrons. The minimum Gasteiger partial charge on any atom is -0.493 e. The van der Waals surface area contributed by atoms with Crippen molar-refractivity contribution < 1.29 is 4.74 Å². The highest BCUT2D eigenvalue weighted by molar-refractivity contribution is 6.09. The van der Waals surface area contributed by atoms with E-state index in [0.717, 1.165) is 35.2 Å². The van der Waals surface area contributed by atoms with Gasteiger partial charge in [-0.3, -0.25) is 5.41 Å². The molecular weight excluding hydrogens is 344 g/mol. The van der Waals surface area contributed by atoms with Crippen molar-refractivity contribution >= 4 is 29.0 Å². The molecule has 0 heterocycles. The summed E-state index contributed by atoms with van der Waals surface area (Å²) in [6, 6.07) is 22.4. The summed E-state index contributed by atoms with van der Waals surface area (Å²) in [6.07, 6.45) is 0. The van der Waals surface area contributed by atoms with Crippen LogP contribution >= 0.6 is 12.4 Å². The van der Waals surface area contributed by atoms with Gasteiger partial charge >= 0.3 is 0 Å². The third-order valence-corrected chi connectivity index (χ3v) is 4.35. The number of ether oxygens (including phenoxy) is 1. The molecule has 0 aliphatic carbocycles. The number of rotatable bonds is 6. The number of nitrogens with one attached hydrogen (secondary N) is 1. The topological polar surface area (TPSA) is 36.3 Å². The lowest BCUT2D eigenvalue weighted by molar-refractivity contribution is 0.344. The smallest absolute Gasteiger partial charge is 0.128 e. The van der Waals surface area contributed by atoms with Gasteiger partial charge in [0.2, 0.25) is 0 Å². The molecule has 1 N–H and O–H groups in total. The molecule has 0 aliphatic heterocycles. The van der Waals surface area contributed by atoms with Crippen LogP contribution in [-0.2, 0) is 6.54 Å². The number of benzene rings is 3. The molecule has 3 nitrogen and oxygen atoms in total. The van der Waals surface area contributed by atoms with Gasteiger partial charge in [-0.05, 0) is 36.9 Å². The van der Waals surface area contributed by atoms with Gasteiger partial charge in [0, 0.05) is 24.0 Å². The summed E-state index contributed by atoms with van der Waals surface area (Å²) >= 11 is 0. The summed E-state index contributed by atoms with van der Waals surface area (Å²) in [7, 11) is 0. The quantitative estimate of drug-likeness (QED) is 0.460. The van der Waals surface area contributed by atoms with Crippen molar-refractivity contribution in [2.24, 2.45) is 0 Å². The first-order valence-electron chi connectivity index (χ1n) is 8.77. The van der Waals surface area contributed by atoms with Gasteiger partial charge in [-0.25, -0.2) is 0 Å². The van der Waals surface area contributed by atoms with Crippen molar-refractivity contribution in [1.29, 1.82) is 5.41 Å². The van der Waals surface area contributed by atoms with Crippen molar-refractivity contribution in [2.45, 2.75) is 20.4 Å². The molecule has 0 unspecified atom stereocenters. The Morgan fingerprint density at radius 2 is 1.54 bits per heavy atom.